The van der Waals surface area contributed by atoms with Gasteiger partial charge in [-0.05, 0) is 25.8 Å². The number of nitrogens with one attached hydrogen (secondary N) is 1. The van der Waals surface area contributed by atoms with Crippen molar-refractivity contribution in [2.45, 2.75) is 50.5 Å². The maximum Gasteiger partial charge on any atom is 0.490 e. The molecule has 4 atom stereocenters. The summed E-state index contributed by atoms with van der Waals surface area (Å²) < 4.78 is 31.7. The van der Waals surface area contributed by atoms with E-state index in [0.717, 1.165) is 37.5 Å². The average Bonchev–Trinajstić information content (AvgIpc) is 3.42. The maximum absolute atomic E-state index is 12.8. The summed E-state index contributed by atoms with van der Waals surface area (Å²) in [5.74, 6) is -2.64. The second kappa shape index (κ2) is 8.27. The Bertz CT molecular complexity index is 767. The summed E-state index contributed by atoms with van der Waals surface area (Å²) >= 11 is 1.49. The molecule has 2 amide bonds. The van der Waals surface area contributed by atoms with Gasteiger partial charge in [-0.15, -0.1) is 11.3 Å². The molecule has 0 spiro atoms. The lowest BCUT2D eigenvalue weighted by Crippen LogP contribution is -2.48. The van der Waals surface area contributed by atoms with E-state index in [1.54, 1.807) is 6.20 Å². The Morgan fingerprint density at radius 2 is 2.03 bits per heavy atom. The van der Waals surface area contributed by atoms with Crippen molar-refractivity contribution >= 4 is 34.3 Å². The lowest BCUT2D eigenvalue weighted by atomic mass is 10.0. The number of carboxylic acid groups (broad SMARTS) is 1. The van der Waals surface area contributed by atoms with E-state index in [-0.39, 0.29) is 35.9 Å². The van der Waals surface area contributed by atoms with Crippen molar-refractivity contribution in [2.75, 3.05) is 18.0 Å². The molecule has 3 saturated heterocycles. The molecule has 4 heterocycles. The predicted molar refractivity (Wildman–Crippen MR) is 97.4 cm³/mol. The van der Waals surface area contributed by atoms with Crippen LogP contribution < -0.4 is 10.2 Å². The van der Waals surface area contributed by atoms with Gasteiger partial charge in [-0.25, -0.2) is 9.78 Å². The largest absolute Gasteiger partial charge is 0.490 e. The molecule has 3 fully saturated rings. The first-order valence-electron chi connectivity index (χ1n) is 9.19. The summed E-state index contributed by atoms with van der Waals surface area (Å²) in [5.41, 5.74) is 0. The van der Waals surface area contributed by atoms with Gasteiger partial charge in [0, 0.05) is 18.1 Å². The Morgan fingerprint density at radius 3 is 2.55 bits per heavy atom. The molecule has 0 unspecified atom stereocenters. The molecule has 1 aromatic rings. The van der Waals surface area contributed by atoms with Gasteiger partial charge < -0.3 is 15.3 Å². The number of carboxylic acids is 1. The minimum absolute atomic E-state index is 0.00806. The van der Waals surface area contributed by atoms with Gasteiger partial charge in [0.25, 0.3) is 0 Å². The molecule has 8 nitrogen and oxygen atoms in total. The number of amides is 2. The first-order valence-corrected chi connectivity index (χ1v) is 10.1. The van der Waals surface area contributed by atoms with Crippen LogP contribution in [0.1, 0.15) is 26.2 Å². The number of thiazole rings is 1. The molecule has 0 bridgehead atoms. The number of hydrogen-bond acceptors (Lipinski definition) is 6. The highest BCUT2D eigenvalue weighted by atomic mass is 32.1. The summed E-state index contributed by atoms with van der Waals surface area (Å²) in [6.07, 6.45) is -0.548. The first kappa shape index (κ1) is 21.5. The van der Waals surface area contributed by atoms with Crippen molar-refractivity contribution < 1.29 is 32.7 Å². The summed E-state index contributed by atoms with van der Waals surface area (Å²) in [7, 11) is 0. The number of aromatic nitrogens is 1. The molecule has 29 heavy (non-hydrogen) atoms. The maximum atomic E-state index is 12.8. The van der Waals surface area contributed by atoms with Gasteiger partial charge in [0.1, 0.15) is 0 Å². The second-order valence-corrected chi connectivity index (χ2v) is 8.01. The van der Waals surface area contributed by atoms with Crippen molar-refractivity contribution in [3.8, 4) is 0 Å². The smallest absolute Gasteiger partial charge is 0.475 e. The Kier molecular flexibility index (Phi) is 6.13. The minimum Gasteiger partial charge on any atom is -0.475 e. The molecule has 12 heteroatoms. The molecule has 2 N–H and O–H groups in total. The van der Waals surface area contributed by atoms with Gasteiger partial charge in [0.15, 0.2) is 5.13 Å². The van der Waals surface area contributed by atoms with E-state index in [2.05, 4.69) is 10.3 Å². The van der Waals surface area contributed by atoms with Crippen LogP contribution in [0, 0.1) is 5.92 Å². The van der Waals surface area contributed by atoms with Gasteiger partial charge in [0.05, 0.1) is 24.0 Å². The summed E-state index contributed by atoms with van der Waals surface area (Å²) in [4.78, 5) is 42.4. The standard InChI is InChI=1S/C15H20N4O2S.C2HF3O2/c1-9-12-11(19(13(9)20)15-17-6-8-22-15)4-7-18(12)14(21)10-3-2-5-16-10;3-2(4,5)1(6)7/h6,8-12,16H,2-5,7H2,1H3;(H,6,7)/t9-,10-,11-,12+;/m0./s1. The molecule has 4 rings (SSSR count). The second-order valence-electron chi connectivity index (χ2n) is 7.14. The molecule has 0 aromatic carbocycles. The van der Waals surface area contributed by atoms with Gasteiger partial charge in [-0.3, -0.25) is 14.5 Å². The normalized spacial score (nSPS) is 28.9. The van der Waals surface area contributed by atoms with Crippen molar-refractivity contribution in [3.05, 3.63) is 11.6 Å². The zero-order chi connectivity index (χ0) is 21.3. The molecule has 3 aliphatic rings. The fraction of sp³-hybridized carbons (Fsp3) is 0.647. The molecule has 0 saturated carbocycles. The van der Waals surface area contributed by atoms with E-state index in [4.69, 9.17) is 9.90 Å². The molecular weight excluding hydrogens is 413 g/mol. The number of nitrogens with zero attached hydrogens (tertiary/aromatic N) is 3. The fourth-order valence-electron chi connectivity index (χ4n) is 4.14. The topological polar surface area (TPSA) is 103 Å². The Balaban J connectivity index is 0.000000298. The molecule has 160 valence electrons. The molecule has 0 aliphatic carbocycles. The van der Waals surface area contributed by atoms with Crippen molar-refractivity contribution in [3.63, 3.8) is 0 Å². The van der Waals surface area contributed by atoms with Crippen molar-refractivity contribution in [1.82, 2.24) is 15.2 Å². The number of aliphatic carboxylic acids is 1. The SMILES string of the molecule is C[C@@H]1C(=O)N(c2nccs2)[C@H]2CCN(C(=O)[C@@H]3CCCN3)[C@H]12.O=C(O)C(F)(F)F. The van der Waals surface area contributed by atoms with Crippen LogP contribution in [0.4, 0.5) is 18.3 Å². The first-order chi connectivity index (χ1) is 13.6. The number of anilines is 1. The van der Waals surface area contributed by atoms with Crippen molar-refractivity contribution in [1.29, 1.82) is 0 Å². The summed E-state index contributed by atoms with van der Waals surface area (Å²) in [6, 6.07) is 0.0141. The number of carbonyl (C=O) groups is 3. The van der Waals surface area contributed by atoms with Crippen LogP contribution in [-0.2, 0) is 14.4 Å². The van der Waals surface area contributed by atoms with Gasteiger partial charge >= 0.3 is 12.1 Å². The Morgan fingerprint density at radius 1 is 1.34 bits per heavy atom. The predicted octanol–water partition coefficient (Wildman–Crippen LogP) is 1.48. The van der Waals surface area contributed by atoms with E-state index in [0.29, 0.717) is 0 Å². The number of carbonyl (C=O) groups excluding carboxylic acids is 2. The third-order valence-electron chi connectivity index (χ3n) is 5.40. The number of likely N-dealkylation sites (tertiary alicyclic amines) is 1. The zero-order valence-electron chi connectivity index (χ0n) is 15.6. The third-order valence-corrected chi connectivity index (χ3v) is 6.17. The monoisotopic (exact) mass is 434 g/mol. The van der Waals surface area contributed by atoms with Crippen LogP contribution in [0.3, 0.4) is 0 Å². The Labute approximate surface area is 168 Å². The minimum atomic E-state index is -5.08. The van der Waals surface area contributed by atoms with Crippen LogP contribution in [0.25, 0.3) is 0 Å². The molecule has 1 aromatic heterocycles. The van der Waals surface area contributed by atoms with Crippen LogP contribution in [-0.4, -0.2) is 70.2 Å². The number of halogens is 3. The highest BCUT2D eigenvalue weighted by molar-refractivity contribution is 7.13. The van der Waals surface area contributed by atoms with Crippen LogP contribution in [0.15, 0.2) is 11.6 Å². The van der Waals surface area contributed by atoms with E-state index < -0.39 is 12.1 Å². The van der Waals surface area contributed by atoms with Gasteiger partial charge in [-0.2, -0.15) is 13.2 Å². The number of fused-ring (bicyclic) bond motifs is 1. The Hall–Kier alpha value is -2.21. The summed E-state index contributed by atoms with van der Waals surface area (Å²) in [6.45, 7) is 3.60. The molecule has 0 radical (unpaired) electrons. The lowest BCUT2D eigenvalue weighted by molar-refractivity contribution is -0.192. The van der Waals surface area contributed by atoms with E-state index in [1.165, 1.54) is 11.3 Å². The number of alkyl halides is 3. The number of rotatable bonds is 2. The van der Waals surface area contributed by atoms with Crippen molar-refractivity contribution in [2.24, 2.45) is 5.92 Å². The lowest BCUT2D eigenvalue weighted by Gasteiger charge is -2.28. The van der Waals surface area contributed by atoms with Crippen LogP contribution in [0.5, 0.6) is 0 Å². The van der Waals surface area contributed by atoms with E-state index in [9.17, 15) is 22.8 Å². The molecular formula is C17H21F3N4O4S. The van der Waals surface area contributed by atoms with E-state index in [1.807, 2.05) is 22.1 Å². The fourth-order valence-corrected chi connectivity index (χ4v) is 4.84. The highest BCUT2D eigenvalue weighted by Crippen LogP contribution is 2.40. The van der Waals surface area contributed by atoms with Crippen LogP contribution >= 0.6 is 11.3 Å². The highest BCUT2D eigenvalue weighted by Gasteiger charge is 2.54. The van der Waals surface area contributed by atoms with Gasteiger partial charge in [0.2, 0.25) is 11.8 Å². The third kappa shape index (κ3) is 4.22. The average molecular weight is 434 g/mol. The summed E-state index contributed by atoms with van der Waals surface area (Å²) in [5, 5.41) is 13.1. The van der Waals surface area contributed by atoms with Gasteiger partial charge in [-0.1, -0.05) is 6.92 Å². The number of hydrogen-bond donors (Lipinski definition) is 2. The van der Waals surface area contributed by atoms with E-state index >= 15 is 0 Å². The zero-order valence-corrected chi connectivity index (χ0v) is 16.4. The molecule has 3 aliphatic heterocycles. The van der Waals surface area contributed by atoms with Crippen LogP contribution in [0.2, 0.25) is 0 Å². The quantitative estimate of drug-likeness (QED) is 0.731.